The molecule has 0 aromatic heterocycles. The fraction of sp³-hybridized carbons (Fsp3) is 0.286. The number of anilines is 1. The van der Waals surface area contributed by atoms with E-state index < -0.39 is 23.9 Å². The number of hydrogen-bond acceptors (Lipinski definition) is 6. The van der Waals surface area contributed by atoms with Crippen LogP contribution in [0.4, 0.5) is 5.69 Å². The highest BCUT2D eigenvalue weighted by molar-refractivity contribution is 6.08. The van der Waals surface area contributed by atoms with E-state index in [2.05, 4.69) is 10.6 Å². The minimum Gasteiger partial charge on any atom is -0.497 e. The van der Waals surface area contributed by atoms with Gasteiger partial charge in [-0.15, -0.1) is 0 Å². The van der Waals surface area contributed by atoms with Gasteiger partial charge in [0.05, 0.1) is 25.0 Å². The Hall–Kier alpha value is -3.39. The second kappa shape index (κ2) is 10.8. The summed E-state index contributed by atoms with van der Waals surface area (Å²) in [6, 6.07) is 13.0. The smallest absolute Gasteiger partial charge is 0.341 e. The van der Waals surface area contributed by atoms with E-state index >= 15 is 0 Å². The van der Waals surface area contributed by atoms with Crippen molar-refractivity contribution in [2.24, 2.45) is 0 Å². The van der Waals surface area contributed by atoms with Crippen molar-refractivity contribution in [2.45, 2.75) is 13.0 Å². The molecule has 2 aromatic rings. The number of methoxy groups -OCH3 is 2. The Balaban J connectivity index is 2.05. The summed E-state index contributed by atoms with van der Waals surface area (Å²) in [6.07, 6.45) is -0.996. The fourth-order valence-corrected chi connectivity index (χ4v) is 2.40. The van der Waals surface area contributed by atoms with E-state index in [0.717, 1.165) is 0 Å². The van der Waals surface area contributed by atoms with Crippen molar-refractivity contribution in [1.82, 2.24) is 5.32 Å². The van der Waals surface area contributed by atoms with Gasteiger partial charge in [-0.3, -0.25) is 9.59 Å². The first-order valence-electron chi connectivity index (χ1n) is 8.98. The zero-order valence-electron chi connectivity index (χ0n) is 16.6. The average molecular weight is 400 g/mol. The summed E-state index contributed by atoms with van der Waals surface area (Å²) in [5.74, 6) is -0.915. The SMILES string of the molecule is COCCNC(=O)[C@H](C)OC(=O)c1ccccc1NC(=O)c1ccc(OC)cc1. The average Bonchev–Trinajstić information content (AvgIpc) is 2.74. The van der Waals surface area contributed by atoms with E-state index in [1.54, 1.807) is 42.5 Å². The van der Waals surface area contributed by atoms with Crippen molar-refractivity contribution in [3.8, 4) is 5.75 Å². The molecule has 8 heteroatoms. The zero-order valence-corrected chi connectivity index (χ0v) is 16.6. The molecule has 8 nitrogen and oxygen atoms in total. The second-order valence-electron chi connectivity index (χ2n) is 6.06. The molecule has 0 spiro atoms. The van der Waals surface area contributed by atoms with Gasteiger partial charge < -0.3 is 24.8 Å². The minimum absolute atomic E-state index is 0.144. The predicted octanol–water partition coefficient (Wildman–Crippen LogP) is 2.26. The zero-order chi connectivity index (χ0) is 21.2. The van der Waals surface area contributed by atoms with Crippen molar-refractivity contribution in [2.75, 3.05) is 32.7 Å². The third-order valence-electron chi connectivity index (χ3n) is 4.01. The summed E-state index contributed by atoms with van der Waals surface area (Å²) in [5.41, 5.74) is 0.830. The lowest BCUT2D eigenvalue weighted by atomic mass is 10.1. The third kappa shape index (κ3) is 6.32. The van der Waals surface area contributed by atoms with E-state index in [9.17, 15) is 14.4 Å². The Bertz CT molecular complexity index is 851. The van der Waals surface area contributed by atoms with Crippen LogP contribution in [0.2, 0.25) is 0 Å². The lowest BCUT2D eigenvalue weighted by Gasteiger charge is -2.15. The Morgan fingerprint density at radius 1 is 1.00 bits per heavy atom. The first kappa shape index (κ1) is 21.9. The highest BCUT2D eigenvalue weighted by Crippen LogP contribution is 2.19. The maximum Gasteiger partial charge on any atom is 0.341 e. The van der Waals surface area contributed by atoms with Crippen molar-refractivity contribution in [3.63, 3.8) is 0 Å². The summed E-state index contributed by atoms with van der Waals surface area (Å²) < 4.78 is 15.2. The topological polar surface area (TPSA) is 103 Å². The Labute approximate surface area is 169 Å². The summed E-state index contributed by atoms with van der Waals surface area (Å²) in [4.78, 5) is 37.0. The number of benzene rings is 2. The molecule has 1 atom stereocenters. The van der Waals surface area contributed by atoms with E-state index in [-0.39, 0.29) is 11.3 Å². The van der Waals surface area contributed by atoms with Gasteiger partial charge in [0, 0.05) is 19.2 Å². The van der Waals surface area contributed by atoms with Crippen molar-refractivity contribution in [3.05, 3.63) is 59.7 Å². The molecule has 0 aliphatic rings. The highest BCUT2D eigenvalue weighted by atomic mass is 16.5. The fourth-order valence-electron chi connectivity index (χ4n) is 2.40. The van der Waals surface area contributed by atoms with Gasteiger partial charge in [-0.1, -0.05) is 12.1 Å². The van der Waals surface area contributed by atoms with Gasteiger partial charge in [-0.25, -0.2) is 4.79 Å². The number of esters is 1. The van der Waals surface area contributed by atoms with Crippen LogP contribution < -0.4 is 15.4 Å². The molecule has 2 aromatic carbocycles. The summed E-state index contributed by atoms with van der Waals surface area (Å²) >= 11 is 0. The van der Waals surface area contributed by atoms with E-state index in [0.29, 0.717) is 24.5 Å². The van der Waals surface area contributed by atoms with Gasteiger partial charge in [0.1, 0.15) is 5.75 Å². The molecule has 0 radical (unpaired) electrons. The molecule has 2 N–H and O–H groups in total. The minimum atomic E-state index is -0.996. The molecule has 0 fully saturated rings. The third-order valence-corrected chi connectivity index (χ3v) is 4.01. The summed E-state index contributed by atoms with van der Waals surface area (Å²) in [5, 5.41) is 5.29. The molecule has 0 aliphatic carbocycles. The van der Waals surface area contributed by atoms with Gasteiger partial charge in [-0.2, -0.15) is 0 Å². The standard InChI is InChI=1S/C21H24N2O6/c1-14(19(24)22-12-13-27-2)29-21(26)17-6-4-5-7-18(17)23-20(25)15-8-10-16(28-3)11-9-15/h4-11,14H,12-13H2,1-3H3,(H,22,24)(H,23,25)/t14-/m0/s1. The molecule has 2 amide bonds. The number of rotatable bonds is 9. The maximum atomic E-state index is 12.5. The molecular formula is C21H24N2O6. The van der Waals surface area contributed by atoms with Crippen LogP contribution in [0, 0.1) is 0 Å². The summed E-state index contributed by atoms with van der Waals surface area (Å²) in [6.45, 7) is 2.14. The van der Waals surface area contributed by atoms with E-state index in [1.807, 2.05) is 0 Å². The van der Waals surface area contributed by atoms with Gasteiger partial charge in [-0.05, 0) is 43.3 Å². The van der Waals surface area contributed by atoms with Crippen LogP contribution >= 0.6 is 0 Å². The van der Waals surface area contributed by atoms with Gasteiger partial charge in [0.2, 0.25) is 0 Å². The molecule has 0 aliphatic heterocycles. The molecule has 0 saturated heterocycles. The molecule has 0 unspecified atom stereocenters. The Morgan fingerprint density at radius 3 is 2.34 bits per heavy atom. The van der Waals surface area contributed by atoms with Crippen LogP contribution in [-0.2, 0) is 14.3 Å². The van der Waals surface area contributed by atoms with Crippen molar-refractivity contribution in [1.29, 1.82) is 0 Å². The lowest BCUT2D eigenvalue weighted by molar-refractivity contribution is -0.129. The van der Waals surface area contributed by atoms with Crippen molar-refractivity contribution >= 4 is 23.5 Å². The molecular weight excluding hydrogens is 376 g/mol. The highest BCUT2D eigenvalue weighted by Gasteiger charge is 2.21. The van der Waals surface area contributed by atoms with Gasteiger partial charge >= 0.3 is 5.97 Å². The molecule has 2 rings (SSSR count). The van der Waals surface area contributed by atoms with Crippen LogP contribution in [0.15, 0.2) is 48.5 Å². The number of carbonyl (C=O) groups is 3. The molecule has 154 valence electrons. The van der Waals surface area contributed by atoms with Crippen LogP contribution in [0.5, 0.6) is 5.75 Å². The second-order valence-corrected chi connectivity index (χ2v) is 6.06. The number of carbonyl (C=O) groups excluding carboxylic acids is 3. The van der Waals surface area contributed by atoms with Gasteiger partial charge in [0.25, 0.3) is 11.8 Å². The number of hydrogen-bond donors (Lipinski definition) is 2. The van der Waals surface area contributed by atoms with E-state index in [4.69, 9.17) is 14.2 Å². The Kier molecular flexibility index (Phi) is 8.17. The number of nitrogens with one attached hydrogen (secondary N) is 2. The number of ether oxygens (including phenoxy) is 3. The largest absolute Gasteiger partial charge is 0.497 e. The maximum absolute atomic E-state index is 12.5. The van der Waals surface area contributed by atoms with Crippen LogP contribution in [0.3, 0.4) is 0 Å². The molecule has 0 saturated carbocycles. The van der Waals surface area contributed by atoms with E-state index in [1.165, 1.54) is 27.2 Å². The first-order valence-corrected chi connectivity index (χ1v) is 8.98. The lowest BCUT2D eigenvalue weighted by Crippen LogP contribution is -2.37. The monoisotopic (exact) mass is 400 g/mol. The molecule has 29 heavy (non-hydrogen) atoms. The molecule has 0 bridgehead atoms. The van der Waals surface area contributed by atoms with Crippen molar-refractivity contribution < 1.29 is 28.6 Å². The predicted molar refractivity (Wildman–Crippen MR) is 107 cm³/mol. The normalized spacial score (nSPS) is 11.3. The van der Waals surface area contributed by atoms with Crippen LogP contribution in [0.1, 0.15) is 27.6 Å². The Morgan fingerprint density at radius 2 is 1.69 bits per heavy atom. The first-order chi connectivity index (χ1) is 14.0. The quantitative estimate of drug-likeness (QED) is 0.494. The number of para-hydroxylation sites is 1. The summed E-state index contributed by atoms with van der Waals surface area (Å²) in [7, 11) is 3.06. The van der Waals surface area contributed by atoms with Gasteiger partial charge in [0.15, 0.2) is 6.10 Å². The van der Waals surface area contributed by atoms with Crippen LogP contribution in [-0.4, -0.2) is 51.3 Å². The van der Waals surface area contributed by atoms with Crippen LogP contribution in [0.25, 0.3) is 0 Å². The molecule has 0 heterocycles. The number of amides is 2.